The van der Waals surface area contributed by atoms with Gasteiger partial charge in [0.05, 0.1) is 0 Å². The molecule has 0 aromatic carbocycles. The Balaban J connectivity index is 3.62. The number of allylic oxidation sites excluding steroid dienone is 2. The van der Waals surface area contributed by atoms with Gasteiger partial charge >= 0.3 is 0 Å². The van der Waals surface area contributed by atoms with Crippen LogP contribution >= 0.6 is 0 Å². The van der Waals surface area contributed by atoms with Gasteiger partial charge in [0.2, 0.25) is 0 Å². The SMILES string of the molecule is CCCC/C=C(\C=O)CCCC. The third-order valence-corrected chi connectivity index (χ3v) is 1.93. The Hall–Kier alpha value is -0.590. The first-order valence-electron chi connectivity index (χ1n) is 4.99. The Kier molecular flexibility index (Phi) is 8.09. The average molecular weight is 168 g/mol. The van der Waals surface area contributed by atoms with Crippen molar-refractivity contribution >= 4 is 6.29 Å². The van der Waals surface area contributed by atoms with Crippen LogP contribution in [0.25, 0.3) is 0 Å². The number of carbonyl (C=O) groups is 1. The third kappa shape index (κ3) is 6.14. The van der Waals surface area contributed by atoms with E-state index in [0.29, 0.717) is 0 Å². The van der Waals surface area contributed by atoms with Gasteiger partial charge in [0.15, 0.2) is 0 Å². The highest BCUT2D eigenvalue weighted by Crippen LogP contribution is 2.07. The fourth-order valence-corrected chi connectivity index (χ4v) is 1.08. The zero-order chi connectivity index (χ0) is 9.23. The van der Waals surface area contributed by atoms with Crippen molar-refractivity contribution in [3.05, 3.63) is 11.6 Å². The molecule has 0 heterocycles. The van der Waals surface area contributed by atoms with Gasteiger partial charge in [-0.3, -0.25) is 4.79 Å². The fraction of sp³-hybridized carbons (Fsp3) is 0.727. The minimum Gasteiger partial charge on any atom is -0.298 e. The third-order valence-electron chi connectivity index (χ3n) is 1.93. The van der Waals surface area contributed by atoms with E-state index in [1.54, 1.807) is 0 Å². The van der Waals surface area contributed by atoms with E-state index < -0.39 is 0 Å². The molecule has 70 valence electrons. The van der Waals surface area contributed by atoms with Crippen LogP contribution in [0.15, 0.2) is 11.6 Å². The Bertz CT molecular complexity index is 136. The summed E-state index contributed by atoms with van der Waals surface area (Å²) in [6.45, 7) is 4.31. The molecule has 0 fully saturated rings. The molecule has 0 saturated carbocycles. The second-order valence-electron chi connectivity index (χ2n) is 3.14. The molecule has 0 aliphatic carbocycles. The number of unbranched alkanes of at least 4 members (excludes halogenated alkanes) is 3. The van der Waals surface area contributed by atoms with Crippen LogP contribution in [0, 0.1) is 0 Å². The largest absolute Gasteiger partial charge is 0.298 e. The lowest BCUT2D eigenvalue weighted by molar-refractivity contribution is -0.105. The molecule has 0 aliphatic rings. The maximum atomic E-state index is 10.5. The lowest BCUT2D eigenvalue weighted by Gasteiger charge is -1.97. The number of hydrogen-bond acceptors (Lipinski definition) is 1. The Morgan fingerprint density at radius 2 is 1.83 bits per heavy atom. The lowest BCUT2D eigenvalue weighted by Crippen LogP contribution is -1.85. The summed E-state index contributed by atoms with van der Waals surface area (Å²) >= 11 is 0. The lowest BCUT2D eigenvalue weighted by atomic mass is 10.1. The zero-order valence-electron chi connectivity index (χ0n) is 8.31. The van der Waals surface area contributed by atoms with Crippen LogP contribution in [0.4, 0.5) is 0 Å². The minimum atomic E-state index is 0.962. The van der Waals surface area contributed by atoms with Crippen molar-refractivity contribution in [2.75, 3.05) is 0 Å². The predicted octanol–water partition coefficient (Wildman–Crippen LogP) is 3.49. The molecule has 0 rings (SSSR count). The summed E-state index contributed by atoms with van der Waals surface area (Å²) in [5.74, 6) is 0. The molecule has 0 aromatic heterocycles. The van der Waals surface area contributed by atoms with Gasteiger partial charge in [-0.25, -0.2) is 0 Å². The summed E-state index contributed by atoms with van der Waals surface area (Å²) in [5.41, 5.74) is 0.991. The molecule has 0 aliphatic heterocycles. The van der Waals surface area contributed by atoms with Crippen LogP contribution in [0.2, 0.25) is 0 Å². The van der Waals surface area contributed by atoms with Crippen molar-refractivity contribution in [1.29, 1.82) is 0 Å². The molecule has 0 unspecified atom stereocenters. The van der Waals surface area contributed by atoms with E-state index in [1.165, 1.54) is 19.3 Å². The van der Waals surface area contributed by atoms with Crippen LogP contribution in [0.5, 0.6) is 0 Å². The summed E-state index contributed by atoms with van der Waals surface area (Å²) in [4.78, 5) is 10.5. The molecule has 0 N–H and O–H groups in total. The zero-order valence-corrected chi connectivity index (χ0v) is 8.31. The van der Waals surface area contributed by atoms with Crippen LogP contribution in [-0.4, -0.2) is 6.29 Å². The summed E-state index contributed by atoms with van der Waals surface area (Å²) in [5, 5.41) is 0. The maximum Gasteiger partial charge on any atom is 0.145 e. The van der Waals surface area contributed by atoms with E-state index in [-0.39, 0.29) is 0 Å². The second-order valence-corrected chi connectivity index (χ2v) is 3.14. The van der Waals surface area contributed by atoms with Crippen molar-refractivity contribution in [3.63, 3.8) is 0 Å². The van der Waals surface area contributed by atoms with E-state index >= 15 is 0 Å². The van der Waals surface area contributed by atoms with E-state index in [2.05, 4.69) is 19.9 Å². The van der Waals surface area contributed by atoms with Gasteiger partial charge < -0.3 is 0 Å². The van der Waals surface area contributed by atoms with Crippen LogP contribution in [0.3, 0.4) is 0 Å². The van der Waals surface area contributed by atoms with Crippen molar-refractivity contribution in [1.82, 2.24) is 0 Å². The molecule has 0 saturated heterocycles. The highest BCUT2D eigenvalue weighted by Gasteiger charge is 1.93. The van der Waals surface area contributed by atoms with Gasteiger partial charge in [-0.15, -0.1) is 0 Å². The summed E-state index contributed by atoms with van der Waals surface area (Å²) < 4.78 is 0. The monoisotopic (exact) mass is 168 g/mol. The van der Waals surface area contributed by atoms with Crippen LogP contribution in [-0.2, 0) is 4.79 Å². The second kappa shape index (κ2) is 8.51. The quantitative estimate of drug-likeness (QED) is 0.323. The normalized spacial score (nSPS) is 11.7. The number of carbonyl (C=O) groups excluding carboxylic acids is 1. The topological polar surface area (TPSA) is 17.1 Å². The molecule has 1 nitrogen and oxygen atoms in total. The minimum absolute atomic E-state index is 0.962. The first kappa shape index (κ1) is 11.4. The first-order chi connectivity index (χ1) is 5.85. The molecule has 1 heteroatoms. The molecule has 0 aromatic rings. The van der Waals surface area contributed by atoms with Crippen molar-refractivity contribution in [2.45, 2.75) is 52.4 Å². The number of rotatable bonds is 7. The van der Waals surface area contributed by atoms with Crippen LogP contribution in [0.1, 0.15) is 52.4 Å². The van der Waals surface area contributed by atoms with Crippen molar-refractivity contribution in [3.8, 4) is 0 Å². The standard InChI is InChI=1S/C11H20O/c1-3-5-7-9-11(10-12)8-6-4-2/h9-10H,3-8H2,1-2H3/b11-9-. The van der Waals surface area contributed by atoms with Crippen LogP contribution < -0.4 is 0 Å². The Labute approximate surface area is 75.9 Å². The first-order valence-corrected chi connectivity index (χ1v) is 4.99. The molecule has 0 amide bonds. The molecule has 0 radical (unpaired) electrons. The molecular weight excluding hydrogens is 148 g/mol. The van der Waals surface area contributed by atoms with Gasteiger partial charge in [-0.1, -0.05) is 39.2 Å². The van der Waals surface area contributed by atoms with Gasteiger partial charge in [0.25, 0.3) is 0 Å². The van der Waals surface area contributed by atoms with E-state index in [1.807, 2.05) is 0 Å². The van der Waals surface area contributed by atoms with E-state index in [9.17, 15) is 4.79 Å². The molecule has 0 atom stereocenters. The Morgan fingerprint density at radius 3 is 2.33 bits per heavy atom. The molecular formula is C11H20O. The average Bonchev–Trinajstić information content (AvgIpc) is 2.11. The Morgan fingerprint density at radius 1 is 1.17 bits per heavy atom. The summed E-state index contributed by atoms with van der Waals surface area (Å²) in [7, 11) is 0. The summed E-state index contributed by atoms with van der Waals surface area (Å²) in [6.07, 6.45) is 9.82. The molecule has 12 heavy (non-hydrogen) atoms. The molecule has 0 spiro atoms. The van der Waals surface area contributed by atoms with E-state index in [0.717, 1.165) is 31.1 Å². The van der Waals surface area contributed by atoms with Crippen molar-refractivity contribution < 1.29 is 4.79 Å². The highest BCUT2D eigenvalue weighted by molar-refractivity contribution is 5.72. The maximum absolute atomic E-state index is 10.5. The molecule has 0 bridgehead atoms. The van der Waals surface area contributed by atoms with E-state index in [4.69, 9.17) is 0 Å². The number of aldehydes is 1. The van der Waals surface area contributed by atoms with Crippen molar-refractivity contribution in [2.24, 2.45) is 0 Å². The number of hydrogen-bond donors (Lipinski definition) is 0. The fourth-order valence-electron chi connectivity index (χ4n) is 1.08. The van der Waals surface area contributed by atoms with Gasteiger partial charge in [-0.05, 0) is 24.8 Å². The predicted molar refractivity (Wildman–Crippen MR) is 53.2 cm³/mol. The highest BCUT2D eigenvalue weighted by atomic mass is 16.1. The van der Waals surface area contributed by atoms with Gasteiger partial charge in [0.1, 0.15) is 6.29 Å². The summed E-state index contributed by atoms with van der Waals surface area (Å²) in [6, 6.07) is 0. The van der Waals surface area contributed by atoms with Gasteiger partial charge in [0, 0.05) is 0 Å². The van der Waals surface area contributed by atoms with Gasteiger partial charge in [-0.2, -0.15) is 0 Å². The smallest absolute Gasteiger partial charge is 0.145 e.